The number of H-pyrrole nitrogens is 1. The number of hydrogen-bond donors (Lipinski definition) is 2. The van der Waals surface area contributed by atoms with Crippen molar-refractivity contribution in [1.29, 1.82) is 0 Å². The summed E-state index contributed by atoms with van der Waals surface area (Å²) < 4.78 is 0. The van der Waals surface area contributed by atoms with E-state index in [9.17, 15) is 4.79 Å². The molecule has 2 aromatic rings. The van der Waals surface area contributed by atoms with E-state index in [0.717, 1.165) is 11.6 Å². The fraction of sp³-hybridized carbons (Fsp3) is 0.308. The minimum absolute atomic E-state index is 0.0722. The minimum atomic E-state index is 0.0722. The van der Waals surface area contributed by atoms with Gasteiger partial charge in [-0.05, 0) is 12.1 Å². The van der Waals surface area contributed by atoms with E-state index in [0.29, 0.717) is 19.4 Å². The van der Waals surface area contributed by atoms with Crippen LogP contribution in [0.1, 0.15) is 12.2 Å². The number of nitrogens with zero attached hydrogens (tertiary/aromatic N) is 2. The molecule has 2 N–H and O–H groups in total. The first-order valence-electron chi connectivity index (χ1n) is 6.13. The Morgan fingerprint density at radius 2 is 2.16 bits per heavy atom. The van der Waals surface area contributed by atoms with Gasteiger partial charge in [0, 0.05) is 30.0 Å². The van der Waals surface area contributed by atoms with Gasteiger partial charge in [0.25, 0.3) is 0 Å². The second-order valence-corrected chi connectivity index (χ2v) is 5.11. The Bertz CT molecular complexity index is 487. The van der Waals surface area contributed by atoms with Crippen LogP contribution in [0.5, 0.6) is 0 Å². The Balaban J connectivity index is 1.57. The first kappa shape index (κ1) is 13.6. The second-order valence-electron chi connectivity index (χ2n) is 3.94. The van der Waals surface area contributed by atoms with Gasteiger partial charge in [-0.2, -0.15) is 5.10 Å². The molecule has 1 aromatic carbocycles. The highest BCUT2D eigenvalue weighted by Gasteiger charge is 2.02. The highest BCUT2D eigenvalue weighted by molar-refractivity contribution is 7.99. The summed E-state index contributed by atoms with van der Waals surface area (Å²) in [7, 11) is 0. The Morgan fingerprint density at radius 1 is 1.32 bits per heavy atom. The van der Waals surface area contributed by atoms with E-state index >= 15 is 0 Å². The highest BCUT2D eigenvalue weighted by Crippen LogP contribution is 2.17. The SMILES string of the molecule is O=C(CCSc1ccccc1)NCCc1ncn[nH]1. The fourth-order valence-electron chi connectivity index (χ4n) is 1.54. The number of aromatic nitrogens is 3. The Morgan fingerprint density at radius 3 is 2.89 bits per heavy atom. The van der Waals surface area contributed by atoms with Crippen LogP contribution in [0.4, 0.5) is 0 Å². The van der Waals surface area contributed by atoms with E-state index in [-0.39, 0.29) is 5.91 Å². The largest absolute Gasteiger partial charge is 0.356 e. The number of hydrogen-bond acceptors (Lipinski definition) is 4. The Labute approximate surface area is 116 Å². The smallest absolute Gasteiger partial charge is 0.220 e. The van der Waals surface area contributed by atoms with Crippen LogP contribution in [0.3, 0.4) is 0 Å². The van der Waals surface area contributed by atoms with Crippen LogP contribution in [0.15, 0.2) is 41.6 Å². The van der Waals surface area contributed by atoms with Crippen LogP contribution < -0.4 is 5.32 Å². The van der Waals surface area contributed by atoms with Gasteiger partial charge < -0.3 is 5.32 Å². The van der Waals surface area contributed by atoms with Crippen LogP contribution in [0.25, 0.3) is 0 Å². The minimum Gasteiger partial charge on any atom is -0.356 e. The lowest BCUT2D eigenvalue weighted by Gasteiger charge is -2.04. The first-order valence-corrected chi connectivity index (χ1v) is 7.12. The zero-order valence-electron chi connectivity index (χ0n) is 10.5. The lowest BCUT2D eigenvalue weighted by Crippen LogP contribution is -2.26. The van der Waals surface area contributed by atoms with Crippen molar-refractivity contribution in [3.05, 3.63) is 42.5 Å². The van der Waals surface area contributed by atoms with Gasteiger partial charge in [-0.15, -0.1) is 11.8 Å². The zero-order chi connectivity index (χ0) is 13.3. The molecule has 0 aliphatic heterocycles. The van der Waals surface area contributed by atoms with Crippen molar-refractivity contribution in [2.75, 3.05) is 12.3 Å². The standard InChI is InChI=1S/C13H16N4OS/c18-13(14-8-6-12-15-10-16-17-12)7-9-19-11-4-2-1-3-5-11/h1-5,10H,6-9H2,(H,14,18)(H,15,16,17). The van der Waals surface area contributed by atoms with E-state index in [4.69, 9.17) is 0 Å². The third-order valence-corrected chi connectivity index (χ3v) is 3.50. The molecule has 100 valence electrons. The first-order chi connectivity index (χ1) is 9.34. The van der Waals surface area contributed by atoms with Gasteiger partial charge in [-0.1, -0.05) is 18.2 Å². The van der Waals surface area contributed by atoms with Crippen LogP contribution in [0.2, 0.25) is 0 Å². The number of thioether (sulfide) groups is 1. The molecule has 5 nitrogen and oxygen atoms in total. The van der Waals surface area contributed by atoms with Gasteiger partial charge in [0.05, 0.1) is 0 Å². The molecule has 2 rings (SSSR count). The number of benzene rings is 1. The molecule has 19 heavy (non-hydrogen) atoms. The average Bonchev–Trinajstić information content (AvgIpc) is 2.93. The van der Waals surface area contributed by atoms with Crippen molar-refractivity contribution in [3.8, 4) is 0 Å². The van der Waals surface area contributed by atoms with Crippen molar-refractivity contribution in [3.63, 3.8) is 0 Å². The number of rotatable bonds is 7. The van der Waals surface area contributed by atoms with E-state index < -0.39 is 0 Å². The van der Waals surface area contributed by atoms with E-state index in [1.165, 1.54) is 11.2 Å². The number of amides is 1. The summed E-state index contributed by atoms with van der Waals surface area (Å²) >= 11 is 1.69. The predicted molar refractivity (Wildman–Crippen MR) is 74.9 cm³/mol. The normalized spacial score (nSPS) is 10.3. The number of carbonyl (C=O) groups is 1. The van der Waals surface area contributed by atoms with E-state index in [2.05, 4.69) is 20.5 Å². The number of carbonyl (C=O) groups excluding carboxylic acids is 1. The van der Waals surface area contributed by atoms with Gasteiger partial charge >= 0.3 is 0 Å². The van der Waals surface area contributed by atoms with Gasteiger partial charge in [-0.3, -0.25) is 9.89 Å². The topological polar surface area (TPSA) is 70.7 Å². The van der Waals surface area contributed by atoms with Crippen LogP contribution in [-0.4, -0.2) is 33.4 Å². The maximum Gasteiger partial charge on any atom is 0.220 e. The van der Waals surface area contributed by atoms with Gasteiger partial charge in [0.1, 0.15) is 12.2 Å². The van der Waals surface area contributed by atoms with Gasteiger partial charge in [0.2, 0.25) is 5.91 Å². The molecule has 0 saturated heterocycles. The monoisotopic (exact) mass is 276 g/mol. The summed E-state index contributed by atoms with van der Waals surface area (Å²) in [6, 6.07) is 10.1. The molecular weight excluding hydrogens is 260 g/mol. The summed E-state index contributed by atoms with van der Waals surface area (Å²) in [4.78, 5) is 16.8. The lowest BCUT2D eigenvalue weighted by atomic mass is 10.4. The Kier molecular flexibility index (Phi) is 5.43. The zero-order valence-corrected chi connectivity index (χ0v) is 11.3. The lowest BCUT2D eigenvalue weighted by molar-refractivity contribution is -0.120. The molecule has 1 aromatic heterocycles. The maximum absolute atomic E-state index is 11.6. The summed E-state index contributed by atoms with van der Waals surface area (Å²) in [5.74, 6) is 1.65. The van der Waals surface area contributed by atoms with Crippen molar-refractivity contribution >= 4 is 17.7 Å². The van der Waals surface area contributed by atoms with Crippen molar-refractivity contribution < 1.29 is 4.79 Å². The fourth-order valence-corrected chi connectivity index (χ4v) is 2.41. The molecule has 6 heteroatoms. The number of aromatic amines is 1. The van der Waals surface area contributed by atoms with Crippen molar-refractivity contribution in [2.24, 2.45) is 0 Å². The summed E-state index contributed by atoms with van der Waals surface area (Å²) in [6.07, 6.45) is 2.67. The summed E-state index contributed by atoms with van der Waals surface area (Å²) in [5.41, 5.74) is 0. The average molecular weight is 276 g/mol. The molecule has 1 heterocycles. The third kappa shape index (κ3) is 5.13. The van der Waals surface area contributed by atoms with Crippen LogP contribution >= 0.6 is 11.8 Å². The van der Waals surface area contributed by atoms with Crippen molar-refractivity contribution in [1.82, 2.24) is 20.5 Å². The molecule has 0 bridgehead atoms. The summed E-state index contributed by atoms with van der Waals surface area (Å²) in [5, 5.41) is 9.38. The molecule has 0 saturated carbocycles. The summed E-state index contributed by atoms with van der Waals surface area (Å²) in [6.45, 7) is 0.587. The van der Waals surface area contributed by atoms with Gasteiger partial charge in [-0.25, -0.2) is 4.98 Å². The number of nitrogens with one attached hydrogen (secondary N) is 2. The second kappa shape index (κ2) is 7.58. The molecule has 0 aliphatic carbocycles. The molecule has 0 radical (unpaired) electrons. The molecule has 1 amide bonds. The van der Waals surface area contributed by atoms with Crippen LogP contribution in [-0.2, 0) is 11.2 Å². The molecule has 0 unspecified atom stereocenters. The third-order valence-electron chi connectivity index (χ3n) is 2.49. The maximum atomic E-state index is 11.6. The van der Waals surface area contributed by atoms with Crippen molar-refractivity contribution in [2.45, 2.75) is 17.7 Å². The van der Waals surface area contributed by atoms with Gasteiger partial charge in [0.15, 0.2) is 0 Å². The molecular formula is C13H16N4OS. The quantitative estimate of drug-likeness (QED) is 0.754. The predicted octanol–water partition coefficient (Wildman–Crippen LogP) is 1.65. The van der Waals surface area contributed by atoms with E-state index in [1.54, 1.807) is 11.8 Å². The molecule has 0 atom stereocenters. The van der Waals surface area contributed by atoms with E-state index in [1.807, 2.05) is 30.3 Å². The Hall–Kier alpha value is -1.82. The molecule has 0 aliphatic rings. The molecule has 0 fully saturated rings. The van der Waals surface area contributed by atoms with Crippen LogP contribution in [0, 0.1) is 0 Å². The highest BCUT2D eigenvalue weighted by atomic mass is 32.2. The molecule has 0 spiro atoms.